The Morgan fingerprint density at radius 3 is 2.52 bits per heavy atom. The van der Waals surface area contributed by atoms with Crippen LogP contribution < -0.4 is 4.90 Å². The molecule has 2 aromatic rings. The van der Waals surface area contributed by atoms with E-state index in [-0.39, 0.29) is 28.1 Å². The van der Waals surface area contributed by atoms with Crippen LogP contribution in [0.15, 0.2) is 42.5 Å². The number of aromatic hydroxyl groups is 1. The Balaban J connectivity index is 1.52. The lowest BCUT2D eigenvalue weighted by Gasteiger charge is -2.36. The molecule has 2 aromatic carbocycles. The molecule has 0 bridgehead atoms. The van der Waals surface area contributed by atoms with E-state index in [1.165, 1.54) is 24.3 Å². The third-order valence-electron chi connectivity index (χ3n) is 4.33. The lowest BCUT2D eigenvalue weighted by atomic mass is 10.2. The predicted octanol–water partition coefficient (Wildman–Crippen LogP) is 2.69. The Morgan fingerprint density at radius 2 is 1.81 bits per heavy atom. The molecule has 0 radical (unpaired) electrons. The van der Waals surface area contributed by atoms with E-state index in [0.29, 0.717) is 31.9 Å². The summed E-state index contributed by atoms with van der Waals surface area (Å²) in [5.74, 6) is -1.74. The van der Waals surface area contributed by atoms with Crippen LogP contribution in [0.4, 0.5) is 10.1 Å². The maximum atomic E-state index is 13.9. The van der Waals surface area contributed by atoms with Gasteiger partial charge in [-0.2, -0.15) is 0 Å². The van der Waals surface area contributed by atoms with Gasteiger partial charge in [-0.25, -0.2) is 9.18 Å². The topological polar surface area (TPSA) is 70.1 Å². The number of hydrogen-bond donors (Lipinski definition) is 1. The maximum Gasteiger partial charge on any atom is 0.342 e. The fraction of sp³-hybridized carbons (Fsp3) is 0.263. The van der Waals surface area contributed by atoms with Crippen molar-refractivity contribution in [3.05, 3.63) is 58.9 Å². The summed E-state index contributed by atoms with van der Waals surface area (Å²) in [5.41, 5.74) is 0.409. The van der Waals surface area contributed by atoms with E-state index < -0.39 is 12.6 Å². The average molecular weight is 393 g/mol. The highest BCUT2D eigenvalue weighted by Gasteiger charge is 2.24. The van der Waals surface area contributed by atoms with Crippen LogP contribution in [0.1, 0.15) is 10.4 Å². The summed E-state index contributed by atoms with van der Waals surface area (Å²) in [6.07, 6.45) is 0. The monoisotopic (exact) mass is 392 g/mol. The molecular weight excluding hydrogens is 375 g/mol. The van der Waals surface area contributed by atoms with Crippen LogP contribution in [-0.4, -0.2) is 54.7 Å². The molecule has 1 N–H and O–H groups in total. The number of hydrogen-bond acceptors (Lipinski definition) is 5. The molecular formula is C19H18ClFN2O4. The largest absolute Gasteiger partial charge is 0.507 e. The number of ether oxygens (including phenoxy) is 1. The average Bonchev–Trinajstić information content (AvgIpc) is 2.68. The van der Waals surface area contributed by atoms with Crippen LogP contribution in [0, 0.1) is 5.82 Å². The number of carbonyl (C=O) groups excluding carboxylic acids is 2. The summed E-state index contributed by atoms with van der Waals surface area (Å²) in [7, 11) is 0. The van der Waals surface area contributed by atoms with Crippen molar-refractivity contribution in [1.82, 2.24) is 4.90 Å². The molecule has 8 heteroatoms. The molecule has 142 valence electrons. The smallest absolute Gasteiger partial charge is 0.342 e. The van der Waals surface area contributed by atoms with E-state index in [1.807, 2.05) is 4.90 Å². The summed E-state index contributed by atoms with van der Waals surface area (Å²) >= 11 is 5.80. The van der Waals surface area contributed by atoms with Gasteiger partial charge in [-0.3, -0.25) is 4.79 Å². The highest BCUT2D eigenvalue weighted by molar-refractivity contribution is 6.31. The number of benzene rings is 2. The second-order valence-corrected chi connectivity index (χ2v) is 6.49. The Kier molecular flexibility index (Phi) is 5.81. The van der Waals surface area contributed by atoms with Crippen LogP contribution in [0.3, 0.4) is 0 Å². The number of phenolic OH excluding ortho intramolecular Hbond substituents is 1. The van der Waals surface area contributed by atoms with Crippen LogP contribution in [0.2, 0.25) is 5.02 Å². The predicted molar refractivity (Wildman–Crippen MR) is 98.6 cm³/mol. The number of rotatable bonds is 4. The van der Waals surface area contributed by atoms with Crippen molar-refractivity contribution in [3.8, 4) is 5.75 Å². The zero-order chi connectivity index (χ0) is 19.4. The molecule has 0 aliphatic carbocycles. The summed E-state index contributed by atoms with van der Waals surface area (Å²) in [4.78, 5) is 27.7. The lowest BCUT2D eigenvalue weighted by Crippen LogP contribution is -2.50. The first-order valence-electron chi connectivity index (χ1n) is 8.38. The zero-order valence-corrected chi connectivity index (χ0v) is 15.2. The molecule has 1 heterocycles. The summed E-state index contributed by atoms with van der Waals surface area (Å²) < 4.78 is 18.8. The van der Waals surface area contributed by atoms with Crippen molar-refractivity contribution in [3.63, 3.8) is 0 Å². The molecule has 1 amide bonds. The molecule has 3 rings (SSSR count). The minimum Gasteiger partial charge on any atom is -0.507 e. The van der Waals surface area contributed by atoms with Gasteiger partial charge in [-0.15, -0.1) is 0 Å². The van der Waals surface area contributed by atoms with Gasteiger partial charge < -0.3 is 19.6 Å². The number of halogens is 2. The van der Waals surface area contributed by atoms with Crippen LogP contribution in [-0.2, 0) is 9.53 Å². The highest BCUT2D eigenvalue weighted by atomic mass is 35.5. The first-order valence-corrected chi connectivity index (χ1v) is 8.76. The van der Waals surface area contributed by atoms with Gasteiger partial charge >= 0.3 is 5.97 Å². The van der Waals surface area contributed by atoms with Gasteiger partial charge in [0.25, 0.3) is 5.91 Å². The minimum atomic E-state index is -0.826. The molecule has 1 aliphatic rings. The van der Waals surface area contributed by atoms with E-state index in [1.54, 1.807) is 23.1 Å². The molecule has 0 aromatic heterocycles. The lowest BCUT2D eigenvalue weighted by molar-refractivity contribution is -0.134. The molecule has 1 saturated heterocycles. The Hall–Kier alpha value is -2.80. The van der Waals surface area contributed by atoms with Gasteiger partial charge in [0, 0.05) is 31.2 Å². The van der Waals surface area contributed by atoms with Crippen LogP contribution in [0.25, 0.3) is 0 Å². The van der Waals surface area contributed by atoms with Crippen LogP contribution in [0.5, 0.6) is 5.75 Å². The molecule has 0 spiro atoms. The van der Waals surface area contributed by atoms with E-state index >= 15 is 0 Å². The summed E-state index contributed by atoms with van der Waals surface area (Å²) in [5, 5.41) is 9.96. The molecule has 6 nitrogen and oxygen atoms in total. The SMILES string of the molecule is O=C(OCC(=O)N1CCN(c2ccccc2F)CC1)c1cc(Cl)ccc1O. The van der Waals surface area contributed by atoms with Crippen molar-refractivity contribution in [1.29, 1.82) is 0 Å². The Morgan fingerprint density at radius 1 is 1.11 bits per heavy atom. The van der Waals surface area contributed by atoms with Crippen LogP contribution >= 0.6 is 11.6 Å². The minimum absolute atomic E-state index is 0.0975. The van der Waals surface area contributed by atoms with E-state index in [2.05, 4.69) is 0 Å². The van der Waals surface area contributed by atoms with E-state index in [4.69, 9.17) is 16.3 Å². The summed E-state index contributed by atoms with van der Waals surface area (Å²) in [6, 6.07) is 10.5. The van der Waals surface area contributed by atoms with Crippen molar-refractivity contribution in [2.45, 2.75) is 0 Å². The molecule has 1 fully saturated rings. The van der Waals surface area contributed by atoms with Crippen molar-refractivity contribution < 1.29 is 23.8 Å². The first kappa shape index (κ1) is 19.0. The molecule has 0 saturated carbocycles. The van der Waals surface area contributed by atoms with Gasteiger partial charge in [0.2, 0.25) is 0 Å². The third kappa shape index (κ3) is 4.49. The molecule has 27 heavy (non-hydrogen) atoms. The van der Waals surface area contributed by atoms with E-state index in [9.17, 15) is 19.1 Å². The molecule has 0 unspecified atom stereocenters. The number of phenols is 1. The third-order valence-corrected chi connectivity index (χ3v) is 4.57. The quantitative estimate of drug-likeness (QED) is 0.810. The normalized spacial score (nSPS) is 14.1. The number of piperazine rings is 1. The fourth-order valence-corrected chi connectivity index (χ4v) is 3.05. The number of amides is 1. The van der Waals surface area contributed by atoms with Gasteiger partial charge in [0.1, 0.15) is 17.1 Å². The Labute approximate surface area is 160 Å². The number of esters is 1. The number of carbonyl (C=O) groups is 2. The zero-order valence-electron chi connectivity index (χ0n) is 14.4. The number of anilines is 1. The van der Waals surface area contributed by atoms with Crippen molar-refractivity contribution in [2.75, 3.05) is 37.7 Å². The summed E-state index contributed by atoms with van der Waals surface area (Å²) in [6.45, 7) is 1.32. The molecule has 1 aliphatic heterocycles. The van der Waals surface area contributed by atoms with Gasteiger partial charge in [-0.1, -0.05) is 23.7 Å². The second-order valence-electron chi connectivity index (χ2n) is 6.06. The number of para-hydroxylation sites is 1. The van der Waals surface area contributed by atoms with Gasteiger partial charge in [-0.05, 0) is 30.3 Å². The van der Waals surface area contributed by atoms with Gasteiger partial charge in [0.05, 0.1) is 5.69 Å². The van der Waals surface area contributed by atoms with Crippen molar-refractivity contribution >= 4 is 29.2 Å². The van der Waals surface area contributed by atoms with Gasteiger partial charge in [0.15, 0.2) is 6.61 Å². The fourth-order valence-electron chi connectivity index (χ4n) is 2.87. The second kappa shape index (κ2) is 8.26. The first-order chi connectivity index (χ1) is 13.0. The molecule has 0 atom stereocenters. The van der Waals surface area contributed by atoms with E-state index in [0.717, 1.165) is 0 Å². The number of nitrogens with zero attached hydrogens (tertiary/aromatic N) is 2. The maximum absolute atomic E-state index is 13.9. The Bertz CT molecular complexity index is 853. The standard InChI is InChI=1S/C19H18ClFN2O4/c20-13-5-6-17(24)14(11-13)19(26)27-12-18(25)23-9-7-22(8-10-23)16-4-2-1-3-15(16)21/h1-6,11,24H,7-10,12H2. The van der Waals surface area contributed by atoms with Crippen molar-refractivity contribution in [2.24, 2.45) is 0 Å². The highest BCUT2D eigenvalue weighted by Crippen LogP contribution is 2.23.